The predicted molar refractivity (Wildman–Crippen MR) is 139 cm³/mol. The van der Waals surface area contributed by atoms with E-state index >= 15 is 0 Å². The summed E-state index contributed by atoms with van der Waals surface area (Å²) in [6.07, 6.45) is 1.77. The molecule has 1 amide bonds. The van der Waals surface area contributed by atoms with E-state index in [9.17, 15) is 4.79 Å². The zero-order valence-electron chi connectivity index (χ0n) is 18.5. The van der Waals surface area contributed by atoms with Crippen LogP contribution in [0.3, 0.4) is 0 Å². The minimum Gasteiger partial charge on any atom is -0.496 e. The van der Waals surface area contributed by atoms with Gasteiger partial charge in [-0.3, -0.25) is 9.69 Å². The second kappa shape index (κ2) is 10.5. The summed E-state index contributed by atoms with van der Waals surface area (Å²) in [7, 11) is 1.59. The van der Waals surface area contributed by atoms with Crippen LogP contribution in [0.5, 0.6) is 11.5 Å². The van der Waals surface area contributed by atoms with Gasteiger partial charge in [0.15, 0.2) is 5.11 Å². The first-order chi connectivity index (χ1) is 16.4. The van der Waals surface area contributed by atoms with Gasteiger partial charge in [-0.05, 0) is 60.6 Å². The summed E-state index contributed by atoms with van der Waals surface area (Å²) >= 11 is 17.8. The quantitative estimate of drug-likeness (QED) is 0.293. The van der Waals surface area contributed by atoms with E-state index in [4.69, 9.17) is 44.9 Å². The number of carbonyl (C=O) groups is 1. The summed E-state index contributed by atoms with van der Waals surface area (Å²) in [5, 5.41) is 4.19. The fourth-order valence-corrected chi connectivity index (χ4v) is 4.40. The molecule has 0 aromatic heterocycles. The van der Waals surface area contributed by atoms with Gasteiger partial charge in [-0.25, -0.2) is 0 Å². The normalized spacial score (nSPS) is 15.4. The molecule has 0 spiro atoms. The van der Waals surface area contributed by atoms with Crippen LogP contribution in [0.25, 0.3) is 6.08 Å². The first-order valence-electron chi connectivity index (χ1n) is 10.5. The molecular formula is C26H22Cl2N2O3S. The van der Waals surface area contributed by atoms with Crippen LogP contribution in [-0.2, 0) is 11.4 Å². The summed E-state index contributed by atoms with van der Waals surface area (Å²) in [6.45, 7) is 2.16. The molecule has 1 aliphatic heterocycles. The number of hydrogen-bond acceptors (Lipinski definition) is 4. The second-order valence-corrected chi connectivity index (χ2v) is 8.83. The van der Waals surface area contributed by atoms with E-state index in [0.29, 0.717) is 32.4 Å². The number of hydrogen-bond donors (Lipinski definition) is 1. The van der Waals surface area contributed by atoms with Crippen molar-refractivity contribution in [3.05, 3.63) is 99.2 Å². The Morgan fingerprint density at radius 2 is 1.82 bits per heavy atom. The number of amides is 1. The Bertz CT molecular complexity index is 1260. The Hall–Kier alpha value is -3.06. The number of methoxy groups -OCH3 is 1. The lowest BCUT2D eigenvalue weighted by atomic mass is 10.1. The summed E-state index contributed by atoms with van der Waals surface area (Å²) in [4.78, 5) is 14.7. The summed E-state index contributed by atoms with van der Waals surface area (Å²) in [5.41, 5.74) is 2.99. The number of ether oxygens (including phenoxy) is 2. The molecule has 1 unspecified atom stereocenters. The molecule has 1 aliphatic rings. The van der Waals surface area contributed by atoms with Gasteiger partial charge < -0.3 is 14.8 Å². The Kier molecular flexibility index (Phi) is 7.41. The number of nitrogens with zero attached hydrogens (tertiary/aromatic N) is 1. The van der Waals surface area contributed by atoms with Crippen molar-refractivity contribution >= 4 is 52.5 Å². The first-order valence-corrected chi connectivity index (χ1v) is 11.7. The van der Waals surface area contributed by atoms with Crippen molar-refractivity contribution in [3.8, 4) is 11.5 Å². The Labute approximate surface area is 213 Å². The predicted octanol–water partition coefficient (Wildman–Crippen LogP) is 6.40. The lowest BCUT2D eigenvalue weighted by Gasteiger charge is -2.23. The summed E-state index contributed by atoms with van der Waals surface area (Å²) in [5.74, 6) is 0.949. The number of benzene rings is 3. The lowest BCUT2D eigenvalue weighted by molar-refractivity contribution is -0.123. The van der Waals surface area contributed by atoms with E-state index in [1.807, 2.05) is 55.5 Å². The molecule has 174 valence electrons. The summed E-state index contributed by atoms with van der Waals surface area (Å²) in [6, 6.07) is 20.4. The number of rotatable bonds is 7. The third-order valence-corrected chi connectivity index (χ3v) is 6.59. The van der Waals surface area contributed by atoms with Crippen LogP contribution < -0.4 is 14.8 Å². The van der Waals surface area contributed by atoms with Crippen LogP contribution in [0.1, 0.15) is 29.7 Å². The average Bonchev–Trinajstić information content (AvgIpc) is 3.12. The highest BCUT2D eigenvalue weighted by atomic mass is 35.5. The van der Waals surface area contributed by atoms with Gasteiger partial charge in [-0.2, -0.15) is 0 Å². The van der Waals surface area contributed by atoms with E-state index in [2.05, 4.69) is 5.32 Å². The van der Waals surface area contributed by atoms with Gasteiger partial charge in [0.05, 0.1) is 18.2 Å². The van der Waals surface area contributed by atoms with E-state index in [-0.39, 0.29) is 18.6 Å². The Morgan fingerprint density at radius 1 is 1.06 bits per heavy atom. The van der Waals surface area contributed by atoms with Crippen molar-refractivity contribution in [2.24, 2.45) is 0 Å². The average molecular weight is 513 g/mol. The molecule has 3 aromatic rings. The smallest absolute Gasteiger partial charge is 0.277 e. The molecule has 0 aliphatic carbocycles. The molecule has 1 fully saturated rings. The Balaban J connectivity index is 1.56. The van der Waals surface area contributed by atoms with Gasteiger partial charge >= 0.3 is 0 Å². The first kappa shape index (κ1) is 24.1. The highest BCUT2D eigenvalue weighted by Gasteiger charge is 2.34. The number of nitrogens with one attached hydrogen (secondary N) is 1. The minimum absolute atomic E-state index is 0.180. The van der Waals surface area contributed by atoms with Gasteiger partial charge in [0.2, 0.25) is 0 Å². The SMILES string of the molecule is COc1ccc(/C=C2\NC(=S)N(C(C)c3ccccc3)C2=O)cc1COc1cccc(Cl)c1Cl. The molecule has 8 heteroatoms. The standard InChI is InChI=1S/C26H22Cl2N2O3S/c1-16(18-7-4-3-5-8-18)30-25(31)21(29-26(30)34)14-17-11-12-22(32-2)19(13-17)15-33-23-10-6-9-20(27)24(23)28/h3-14,16H,15H2,1-2H3,(H,29,34)/b21-14-. The molecule has 0 radical (unpaired) electrons. The highest BCUT2D eigenvalue weighted by Crippen LogP contribution is 2.33. The van der Waals surface area contributed by atoms with E-state index in [1.165, 1.54) is 0 Å². The van der Waals surface area contributed by atoms with Gasteiger partial charge in [-0.15, -0.1) is 0 Å². The molecule has 3 aromatic carbocycles. The third-order valence-electron chi connectivity index (χ3n) is 5.49. The van der Waals surface area contributed by atoms with Gasteiger partial charge in [-0.1, -0.05) is 65.7 Å². The van der Waals surface area contributed by atoms with Crippen molar-refractivity contribution in [2.45, 2.75) is 19.6 Å². The maximum Gasteiger partial charge on any atom is 0.277 e. The summed E-state index contributed by atoms with van der Waals surface area (Å²) < 4.78 is 11.4. The monoisotopic (exact) mass is 512 g/mol. The third kappa shape index (κ3) is 5.04. The van der Waals surface area contributed by atoms with Crippen LogP contribution in [0.15, 0.2) is 72.4 Å². The molecule has 5 nitrogen and oxygen atoms in total. The van der Waals surface area contributed by atoms with E-state index in [0.717, 1.165) is 16.7 Å². The molecule has 1 atom stereocenters. The van der Waals surface area contributed by atoms with Crippen LogP contribution in [0.4, 0.5) is 0 Å². The molecule has 0 saturated carbocycles. The molecule has 1 saturated heterocycles. The van der Waals surface area contributed by atoms with Crippen LogP contribution in [-0.4, -0.2) is 23.0 Å². The van der Waals surface area contributed by atoms with Gasteiger partial charge in [0, 0.05) is 5.56 Å². The largest absolute Gasteiger partial charge is 0.496 e. The van der Waals surface area contributed by atoms with Crippen LogP contribution in [0, 0.1) is 0 Å². The highest BCUT2D eigenvalue weighted by molar-refractivity contribution is 7.80. The van der Waals surface area contributed by atoms with E-state index < -0.39 is 0 Å². The lowest BCUT2D eigenvalue weighted by Crippen LogP contribution is -2.33. The van der Waals surface area contributed by atoms with Gasteiger partial charge in [0.1, 0.15) is 28.8 Å². The number of halogens is 2. The Morgan fingerprint density at radius 3 is 2.56 bits per heavy atom. The number of carbonyl (C=O) groups excluding carboxylic acids is 1. The molecule has 0 bridgehead atoms. The van der Waals surface area contributed by atoms with Crippen molar-refractivity contribution in [2.75, 3.05) is 7.11 Å². The zero-order valence-corrected chi connectivity index (χ0v) is 20.9. The van der Waals surface area contributed by atoms with Crippen LogP contribution >= 0.6 is 35.4 Å². The maximum absolute atomic E-state index is 13.2. The van der Waals surface area contributed by atoms with Crippen molar-refractivity contribution in [3.63, 3.8) is 0 Å². The topological polar surface area (TPSA) is 50.8 Å². The molecule has 1 heterocycles. The fourth-order valence-electron chi connectivity index (χ4n) is 3.70. The van der Waals surface area contributed by atoms with Crippen LogP contribution in [0.2, 0.25) is 10.0 Å². The maximum atomic E-state index is 13.2. The van der Waals surface area contributed by atoms with E-state index in [1.54, 1.807) is 36.3 Å². The van der Waals surface area contributed by atoms with Gasteiger partial charge in [0.25, 0.3) is 5.91 Å². The molecule has 4 rings (SSSR count). The minimum atomic E-state index is -0.193. The zero-order chi connectivity index (χ0) is 24.2. The fraction of sp³-hybridized carbons (Fsp3) is 0.154. The number of thiocarbonyl (C=S) groups is 1. The molecule has 34 heavy (non-hydrogen) atoms. The van der Waals surface area contributed by atoms with Crippen molar-refractivity contribution < 1.29 is 14.3 Å². The second-order valence-electron chi connectivity index (χ2n) is 7.66. The van der Waals surface area contributed by atoms with Crippen molar-refractivity contribution in [1.82, 2.24) is 10.2 Å². The molecule has 1 N–H and O–H groups in total. The van der Waals surface area contributed by atoms with Crippen molar-refractivity contribution in [1.29, 1.82) is 0 Å². The molecular weight excluding hydrogens is 491 g/mol.